The topological polar surface area (TPSA) is 81.7 Å². The van der Waals surface area contributed by atoms with Crippen LogP contribution in [0.25, 0.3) is 22.3 Å². The fourth-order valence-corrected chi connectivity index (χ4v) is 5.21. The second-order valence-electron chi connectivity index (χ2n) is 10.6. The van der Waals surface area contributed by atoms with Gasteiger partial charge in [-0.25, -0.2) is 5.48 Å². The Morgan fingerprint density at radius 2 is 1.05 bits per heavy atom. The van der Waals surface area contributed by atoms with Crippen LogP contribution >= 0.6 is 0 Å². The normalized spacial score (nSPS) is 10.9. The molecule has 2 amide bonds. The summed E-state index contributed by atoms with van der Waals surface area (Å²) in [6.07, 6.45) is 3.64. The third-order valence-electron chi connectivity index (χ3n) is 7.40. The lowest BCUT2D eigenvalue weighted by atomic mass is 9.97. The molecule has 6 heteroatoms. The minimum Gasteiger partial charge on any atom is -0.356 e. The molecule has 0 aliphatic rings. The maximum atomic E-state index is 12.2. The van der Waals surface area contributed by atoms with Crippen molar-refractivity contribution in [2.45, 2.75) is 51.6 Å². The Balaban J connectivity index is 1.40. The van der Waals surface area contributed by atoms with E-state index in [1.165, 1.54) is 33.4 Å². The summed E-state index contributed by atoms with van der Waals surface area (Å²) in [6, 6.07) is 38.4. The fourth-order valence-electron chi connectivity index (χ4n) is 5.21. The van der Waals surface area contributed by atoms with Crippen molar-refractivity contribution in [3.8, 4) is 22.3 Å². The van der Waals surface area contributed by atoms with Gasteiger partial charge in [-0.05, 0) is 65.6 Å². The zero-order valence-corrected chi connectivity index (χ0v) is 24.2. The number of carbonyl (C=O) groups excluding carboxylic acids is 2. The van der Waals surface area contributed by atoms with E-state index in [9.17, 15) is 9.59 Å². The van der Waals surface area contributed by atoms with E-state index < -0.39 is 5.91 Å². The molecule has 0 aliphatic carbocycles. The van der Waals surface area contributed by atoms with Gasteiger partial charge in [-0.2, -0.15) is 0 Å². The van der Waals surface area contributed by atoms with Crippen LogP contribution in [-0.2, 0) is 22.7 Å². The average Bonchev–Trinajstić information content (AvgIpc) is 3.04. The number of nitrogens with one attached hydrogen (secondary N) is 2. The van der Waals surface area contributed by atoms with Crippen molar-refractivity contribution < 1.29 is 14.8 Å². The zero-order chi connectivity index (χ0) is 29.4. The molecule has 0 aliphatic heterocycles. The first-order valence-corrected chi connectivity index (χ1v) is 14.8. The molecule has 0 bridgehead atoms. The quantitative estimate of drug-likeness (QED) is 0.0780. The van der Waals surface area contributed by atoms with Gasteiger partial charge >= 0.3 is 0 Å². The van der Waals surface area contributed by atoms with Crippen LogP contribution in [0, 0.1) is 0 Å². The van der Waals surface area contributed by atoms with Crippen molar-refractivity contribution >= 4 is 11.8 Å². The van der Waals surface area contributed by atoms with E-state index >= 15 is 0 Å². The lowest BCUT2D eigenvalue weighted by Crippen LogP contribution is -2.27. The van der Waals surface area contributed by atoms with Gasteiger partial charge in [-0.15, -0.1) is 0 Å². The number of carbonyl (C=O) groups is 2. The molecule has 0 unspecified atom stereocenters. The number of hydrogen-bond donors (Lipinski definition) is 3. The molecule has 0 heterocycles. The molecule has 0 saturated carbocycles. The molecular formula is C36H41N3O3. The van der Waals surface area contributed by atoms with Gasteiger partial charge in [0.2, 0.25) is 11.8 Å². The molecule has 4 aromatic rings. The Kier molecular flexibility index (Phi) is 12.3. The van der Waals surface area contributed by atoms with E-state index in [4.69, 9.17) is 5.21 Å². The van der Waals surface area contributed by atoms with E-state index in [0.717, 1.165) is 32.5 Å². The molecule has 218 valence electrons. The fraction of sp³-hybridized carbons (Fsp3) is 0.278. The van der Waals surface area contributed by atoms with E-state index in [0.29, 0.717) is 25.8 Å². The van der Waals surface area contributed by atoms with Gasteiger partial charge in [0.15, 0.2) is 0 Å². The summed E-state index contributed by atoms with van der Waals surface area (Å²) in [5, 5.41) is 11.6. The molecule has 0 atom stereocenters. The molecule has 42 heavy (non-hydrogen) atoms. The Labute approximate surface area is 249 Å². The molecule has 4 aromatic carbocycles. The monoisotopic (exact) mass is 563 g/mol. The largest absolute Gasteiger partial charge is 0.356 e. The van der Waals surface area contributed by atoms with Gasteiger partial charge in [0.05, 0.1) is 0 Å². The van der Waals surface area contributed by atoms with Crippen molar-refractivity contribution in [3.05, 3.63) is 120 Å². The average molecular weight is 564 g/mol. The minimum absolute atomic E-state index is 0.00448. The van der Waals surface area contributed by atoms with Crippen LogP contribution in [0.3, 0.4) is 0 Å². The number of amides is 2. The van der Waals surface area contributed by atoms with Crippen LogP contribution in [0.4, 0.5) is 0 Å². The van der Waals surface area contributed by atoms with Crippen molar-refractivity contribution in [3.63, 3.8) is 0 Å². The number of benzene rings is 4. The number of unbranched alkanes of at least 4 members (excludes halogenated alkanes) is 2. The van der Waals surface area contributed by atoms with Crippen LogP contribution in [-0.4, -0.2) is 35.0 Å². The van der Waals surface area contributed by atoms with Gasteiger partial charge in [0.1, 0.15) is 0 Å². The van der Waals surface area contributed by atoms with E-state index in [1.54, 1.807) is 5.48 Å². The van der Waals surface area contributed by atoms with Crippen LogP contribution in [0.1, 0.15) is 49.7 Å². The molecule has 0 spiro atoms. The maximum Gasteiger partial charge on any atom is 0.243 e. The van der Waals surface area contributed by atoms with Gasteiger partial charge in [0.25, 0.3) is 0 Å². The first-order chi connectivity index (χ1) is 20.6. The van der Waals surface area contributed by atoms with Gasteiger partial charge in [0, 0.05) is 32.5 Å². The molecule has 0 saturated heterocycles. The second-order valence-corrected chi connectivity index (χ2v) is 10.6. The third kappa shape index (κ3) is 9.68. The highest BCUT2D eigenvalue weighted by molar-refractivity contribution is 5.76. The predicted molar refractivity (Wildman–Crippen MR) is 169 cm³/mol. The predicted octanol–water partition coefficient (Wildman–Crippen LogP) is 6.99. The number of rotatable bonds is 16. The smallest absolute Gasteiger partial charge is 0.243 e. The highest BCUT2D eigenvalue weighted by atomic mass is 16.5. The summed E-state index contributed by atoms with van der Waals surface area (Å²) in [7, 11) is 0. The molecule has 3 N–H and O–H groups in total. The van der Waals surface area contributed by atoms with Gasteiger partial charge < -0.3 is 5.32 Å². The van der Waals surface area contributed by atoms with Crippen molar-refractivity contribution in [2.24, 2.45) is 0 Å². The van der Waals surface area contributed by atoms with Gasteiger partial charge in [-0.1, -0.05) is 109 Å². The van der Waals surface area contributed by atoms with Crippen LogP contribution in [0.15, 0.2) is 109 Å². The summed E-state index contributed by atoms with van der Waals surface area (Å²) < 4.78 is 0. The molecule has 0 fully saturated rings. The van der Waals surface area contributed by atoms with E-state index in [1.807, 2.05) is 12.1 Å². The first-order valence-electron chi connectivity index (χ1n) is 14.8. The number of hydrogen-bond acceptors (Lipinski definition) is 4. The summed E-state index contributed by atoms with van der Waals surface area (Å²) >= 11 is 0. The van der Waals surface area contributed by atoms with E-state index in [-0.39, 0.29) is 12.3 Å². The minimum atomic E-state index is -0.419. The second kappa shape index (κ2) is 16.9. The van der Waals surface area contributed by atoms with Crippen molar-refractivity contribution in [1.82, 2.24) is 15.7 Å². The van der Waals surface area contributed by atoms with E-state index in [2.05, 4.69) is 107 Å². The van der Waals surface area contributed by atoms with Crippen molar-refractivity contribution in [2.75, 3.05) is 13.1 Å². The molecular weight excluding hydrogens is 522 g/mol. The Morgan fingerprint density at radius 1 is 0.571 bits per heavy atom. The first kappa shape index (κ1) is 30.7. The Bertz CT molecular complexity index is 1310. The lowest BCUT2D eigenvalue weighted by molar-refractivity contribution is -0.129. The number of hydroxylamine groups is 1. The van der Waals surface area contributed by atoms with Crippen molar-refractivity contribution in [1.29, 1.82) is 0 Å². The van der Waals surface area contributed by atoms with Crippen LogP contribution < -0.4 is 10.8 Å². The zero-order valence-electron chi connectivity index (χ0n) is 24.2. The maximum absolute atomic E-state index is 12.2. The molecule has 0 radical (unpaired) electrons. The molecule has 4 rings (SSSR count). The Morgan fingerprint density at radius 3 is 1.57 bits per heavy atom. The standard InChI is InChI=1S/C36H41N3O3/c40-35(23-11-12-24-36(41)38-42)37-25-13-14-26-39(27-31-19-7-9-21-33(31)29-15-3-1-4-16-29)28-32-20-8-10-22-34(32)30-17-5-2-6-18-30/h1-10,15-22,42H,11-14,23-28H2,(H,37,40)(H,38,41). The van der Waals surface area contributed by atoms with Crippen LogP contribution in [0.5, 0.6) is 0 Å². The summed E-state index contributed by atoms with van der Waals surface area (Å²) in [5.41, 5.74) is 9.16. The summed E-state index contributed by atoms with van der Waals surface area (Å²) in [5.74, 6) is -0.414. The van der Waals surface area contributed by atoms with Crippen LogP contribution in [0.2, 0.25) is 0 Å². The summed E-state index contributed by atoms with van der Waals surface area (Å²) in [6.45, 7) is 3.17. The Hall–Kier alpha value is -4.26. The summed E-state index contributed by atoms with van der Waals surface area (Å²) in [4.78, 5) is 25.8. The third-order valence-corrected chi connectivity index (χ3v) is 7.40. The SMILES string of the molecule is O=C(CCCCC(=O)NCCCCN(Cc1ccccc1-c1ccccc1)Cc1ccccc1-c1ccccc1)NO. The molecule has 6 nitrogen and oxygen atoms in total. The molecule has 0 aromatic heterocycles. The van der Waals surface area contributed by atoms with Gasteiger partial charge in [-0.3, -0.25) is 19.7 Å². The highest BCUT2D eigenvalue weighted by Crippen LogP contribution is 2.28. The number of nitrogens with zero attached hydrogens (tertiary/aromatic N) is 1. The highest BCUT2D eigenvalue weighted by Gasteiger charge is 2.14. The lowest BCUT2D eigenvalue weighted by Gasteiger charge is -2.25.